The number of benzene rings is 1. The third-order valence-corrected chi connectivity index (χ3v) is 3.01. The Morgan fingerprint density at radius 3 is 2.84 bits per heavy atom. The lowest BCUT2D eigenvalue weighted by Crippen LogP contribution is -2.13. The maximum Gasteiger partial charge on any atom is 0.307 e. The molecule has 1 aromatic carbocycles. The van der Waals surface area contributed by atoms with Gasteiger partial charge in [0.15, 0.2) is 5.84 Å². The van der Waals surface area contributed by atoms with Gasteiger partial charge in [0.1, 0.15) is 12.4 Å². The molecule has 0 fully saturated rings. The highest BCUT2D eigenvalue weighted by Gasteiger charge is 2.12. The van der Waals surface area contributed by atoms with E-state index in [-0.39, 0.29) is 11.5 Å². The Bertz CT molecular complexity index is 667. The molecule has 0 aliphatic rings. The quantitative estimate of drug-likeness (QED) is 0.292. The molecule has 0 spiro atoms. The fraction of sp³-hybridized carbons (Fsp3) is 0. The van der Waals surface area contributed by atoms with E-state index in [0.29, 0.717) is 15.7 Å². The molecule has 0 atom stereocenters. The summed E-state index contributed by atoms with van der Waals surface area (Å²) in [4.78, 5) is 10.1. The molecular weight excluding hydrogens is 318 g/mol. The predicted molar refractivity (Wildman–Crippen MR) is 70.4 cm³/mol. The molecule has 0 saturated carbocycles. The molecule has 0 unspecified atom stereocenters. The number of amidine groups is 1. The summed E-state index contributed by atoms with van der Waals surface area (Å²) in [6, 6.07) is 4.88. The molecule has 98 valence electrons. The zero-order valence-electron chi connectivity index (χ0n) is 9.39. The van der Waals surface area contributed by atoms with Crippen molar-refractivity contribution in [3.05, 3.63) is 50.7 Å². The van der Waals surface area contributed by atoms with Crippen molar-refractivity contribution in [3.8, 4) is 5.69 Å². The second-order valence-electron chi connectivity index (χ2n) is 3.55. The van der Waals surface area contributed by atoms with Crippen molar-refractivity contribution >= 4 is 27.5 Å². The topological polar surface area (TPSA) is 120 Å². The van der Waals surface area contributed by atoms with Crippen LogP contribution in [0.25, 0.3) is 5.69 Å². The summed E-state index contributed by atoms with van der Waals surface area (Å²) in [5, 5.41) is 26.0. The Kier molecular flexibility index (Phi) is 3.47. The van der Waals surface area contributed by atoms with E-state index in [0.717, 1.165) is 6.20 Å². The van der Waals surface area contributed by atoms with E-state index < -0.39 is 4.92 Å². The molecule has 0 amide bonds. The van der Waals surface area contributed by atoms with Crippen molar-refractivity contribution in [1.82, 2.24) is 9.78 Å². The van der Waals surface area contributed by atoms with Crippen LogP contribution in [0.3, 0.4) is 0 Å². The summed E-state index contributed by atoms with van der Waals surface area (Å²) in [5.74, 6) is -0.0290. The summed E-state index contributed by atoms with van der Waals surface area (Å²) in [6.07, 6.45) is 2.45. The average Bonchev–Trinajstić information content (AvgIpc) is 2.87. The van der Waals surface area contributed by atoms with Crippen LogP contribution >= 0.6 is 15.9 Å². The molecule has 0 aliphatic heterocycles. The van der Waals surface area contributed by atoms with Gasteiger partial charge in [-0.15, -0.1) is 0 Å². The molecule has 1 aromatic heterocycles. The van der Waals surface area contributed by atoms with Crippen LogP contribution in [0.5, 0.6) is 0 Å². The monoisotopic (exact) mass is 325 g/mol. The van der Waals surface area contributed by atoms with Gasteiger partial charge < -0.3 is 10.9 Å². The number of hydrogen-bond donors (Lipinski definition) is 2. The lowest BCUT2D eigenvalue weighted by Gasteiger charge is -2.06. The first kappa shape index (κ1) is 13.0. The van der Waals surface area contributed by atoms with Crippen molar-refractivity contribution in [2.24, 2.45) is 10.9 Å². The largest absolute Gasteiger partial charge is 0.409 e. The predicted octanol–water partition coefficient (Wildman–Crippen LogP) is 1.64. The van der Waals surface area contributed by atoms with E-state index in [1.54, 1.807) is 18.2 Å². The van der Waals surface area contributed by atoms with Crippen LogP contribution in [-0.4, -0.2) is 25.7 Å². The number of halogens is 1. The Hall–Kier alpha value is -2.42. The number of nitrogens with two attached hydrogens (primary N) is 1. The van der Waals surface area contributed by atoms with Crippen LogP contribution < -0.4 is 5.73 Å². The highest BCUT2D eigenvalue weighted by Crippen LogP contribution is 2.23. The minimum atomic E-state index is -0.526. The van der Waals surface area contributed by atoms with Crippen LogP contribution in [0.4, 0.5) is 5.69 Å². The van der Waals surface area contributed by atoms with E-state index >= 15 is 0 Å². The first-order chi connectivity index (χ1) is 9.02. The number of nitrogens with zero attached hydrogens (tertiary/aromatic N) is 4. The van der Waals surface area contributed by atoms with Crippen molar-refractivity contribution in [3.63, 3.8) is 0 Å². The minimum absolute atomic E-state index is 0.0290. The molecule has 9 heteroatoms. The fourth-order valence-electron chi connectivity index (χ4n) is 1.45. The SMILES string of the molecule is N/C(=N/O)c1ccc(-n2cc([N+](=O)[O-])cn2)c(Br)c1. The maximum absolute atomic E-state index is 10.6. The Morgan fingerprint density at radius 1 is 1.58 bits per heavy atom. The summed E-state index contributed by atoms with van der Waals surface area (Å²) in [5.41, 5.74) is 6.47. The summed E-state index contributed by atoms with van der Waals surface area (Å²) >= 11 is 3.30. The molecule has 2 aromatic rings. The van der Waals surface area contributed by atoms with Gasteiger partial charge >= 0.3 is 5.69 Å². The number of oxime groups is 1. The summed E-state index contributed by atoms with van der Waals surface area (Å²) in [7, 11) is 0. The Balaban J connectivity index is 2.43. The molecule has 0 bridgehead atoms. The average molecular weight is 326 g/mol. The minimum Gasteiger partial charge on any atom is -0.409 e. The molecule has 19 heavy (non-hydrogen) atoms. The second kappa shape index (κ2) is 5.06. The van der Waals surface area contributed by atoms with Gasteiger partial charge in [0.2, 0.25) is 0 Å². The van der Waals surface area contributed by atoms with Gasteiger partial charge in [-0.25, -0.2) is 4.68 Å². The highest BCUT2D eigenvalue weighted by atomic mass is 79.9. The number of nitro groups is 1. The van der Waals surface area contributed by atoms with Crippen molar-refractivity contribution in [1.29, 1.82) is 0 Å². The van der Waals surface area contributed by atoms with E-state index in [1.165, 1.54) is 10.9 Å². The molecule has 3 N–H and O–H groups in total. The van der Waals surface area contributed by atoms with E-state index in [9.17, 15) is 10.1 Å². The van der Waals surface area contributed by atoms with Gasteiger partial charge in [-0.2, -0.15) is 5.10 Å². The molecule has 0 aliphatic carbocycles. The maximum atomic E-state index is 10.6. The first-order valence-corrected chi connectivity index (χ1v) is 5.79. The lowest BCUT2D eigenvalue weighted by molar-refractivity contribution is -0.384. The lowest BCUT2D eigenvalue weighted by atomic mass is 10.2. The van der Waals surface area contributed by atoms with Crippen molar-refractivity contribution in [2.75, 3.05) is 0 Å². The van der Waals surface area contributed by atoms with Gasteiger partial charge in [0, 0.05) is 10.0 Å². The molecule has 0 radical (unpaired) electrons. The smallest absolute Gasteiger partial charge is 0.307 e. The molecular formula is C10H8BrN5O3. The zero-order valence-corrected chi connectivity index (χ0v) is 11.0. The number of aromatic nitrogens is 2. The third-order valence-electron chi connectivity index (χ3n) is 2.38. The van der Waals surface area contributed by atoms with Crippen LogP contribution in [-0.2, 0) is 0 Å². The molecule has 2 rings (SSSR count). The van der Waals surface area contributed by atoms with Crippen LogP contribution in [0, 0.1) is 10.1 Å². The third kappa shape index (κ3) is 2.55. The molecule has 1 heterocycles. The number of hydrogen-bond acceptors (Lipinski definition) is 5. The summed E-state index contributed by atoms with van der Waals surface area (Å²) in [6.45, 7) is 0. The highest BCUT2D eigenvalue weighted by molar-refractivity contribution is 9.10. The van der Waals surface area contributed by atoms with Crippen LogP contribution in [0.2, 0.25) is 0 Å². The molecule has 8 nitrogen and oxygen atoms in total. The van der Waals surface area contributed by atoms with E-state index in [1.807, 2.05) is 0 Å². The second-order valence-corrected chi connectivity index (χ2v) is 4.41. The van der Waals surface area contributed by atoms with Crippen LogP contribution in [0.15, 0.2) is 40.2 Å². The van der Waals surface area contributed by atoms with E-state index in [2.05, 4.69) is 26.2 Å². The fourth-order valence-corrected chi connectivity index (χ4v) is 2.01. The van der Waals surface area contributed by atoms with Gasteiger partial charge in [-0.3, -0.25) is 10.1 Å². The Labute approximate surface area is 115 Å². The van der Waals surface area contributed by atoms with Gasteiger partial charge in [0.25, 0.3) is 0 Å². The van der Waals surface area contributed by atoms with Gasteiger partial charge in [0.05, 0.1) is 10.6 Å². The number of rotatable bonds is 3. The standard InChI is InChI=1S/C10H8BrN5O3/c11-8-3-6(10(12)14-17)1-2-9(8)15-5-7(4-13-15)16(18)19/h1-5,17H,(H2,12,14). The van der Waals surface area contributed by atoms with Gasteiger partial charge in [-0.05, 0) is 34.1 Å². The Morgan fingerprint density at radius 2 is 2.32 bits per heavy atom. The first-order valence-electron chi connectivity index (χ1n) is 5.00. The van der Waals surface area contributed by atoms with Crippen molar-refractivity contribution < 1.29 is 10.1 Å². The zero-order chi connectivity index (χ0) is 14.0. The van der Waals surface area contributed by atoms with Crippen LogP contribution in [0.1, 0.15) is 5.56 Å². The van der Waals surface area contributed by atoms with Gasteiger partial charge in [-0.1, -0.05) is 5.16 Å². The normalized spacial score (nSPS) is 11.5. The van der Waals surface area contributed by atoms with E-state index in [4.69, 9.17) is 10.9 Å². The summed E-state index contributed by atoms with van der Waals surface area (Å²) < 4.78 is 1.97. The van der Waals surface area contributed by atoms with Crippen molar-refractivity contribution in [2.45, 2.75) is 0 Å². The molecule has 0 saturated heterocycles.